The van der Waals surface area contributed by atoms with Gasteiger partial charge in [0.25, 0.3) is 5.91 Å². The Morgan fingerprint density at radius 1 is 1.11 bits per heavy atom. The van der Waals surface area contributed by atoms with Crippen LogP contribution in [-0.2, 0) is 9.53 Å². The first-order chi connectivity index (χ1) is 18.2. The lowest BCUT2D eigenvalue weighted by Crippen LogP contribution is -2.53. The molecule has 3 amide bonds. The number of methoxy groups -OCH3 is 1. The van der Waals surface area contributed by atoms with Gasteiger partial charge in [-0.2, -0.15) is 5.26 Å². The standard InChI is InChI=1S/C26H20Cl2N6O4/c1-32-25(37)34(19-8-17(27)7-18(28)9-19)24(36)26(32)13-33(22-10-21(23(35)38-2)30-14-31-22)12-20(26)16-5-3-15(11-29)4-6-16/h3-10,14,20H,12-13H2,1-2H3/t20-,26+/m0/s1. The van der Waals surface area contributed by atoms with Gasteiger partial charge in [0.2, 0.25) is 0 Å². The zero-order chi connectivity index (χ0) is 27.2. The molecule has 2 saturated heterocycles. The van der Waals surface area contributed by atoms with Gasteiger partial charge >= 0.3 is 12.0 Å². The van der Waals surface area contributed by atoms with Crippen molar-refractivity contribution in [1.82, 2.24) is 14.9 Å². The summed E-state index contributed by atoms with van der Waals surface area (Å²) in [6.45, 7) is 0.373. The van der Waals surface area contributed by atoms with Crippen LogP contribution in [0.25, 0.3) is 0 Å². The number of urea groups is 1. The van der Waals surface area contributed by atoms with E-state index in [2.05, 4.69) is 16.0 Å². The molecular formula is C26H20Cl2N6O4. The topological polar surface area (TPSA) is 120 Å². The summed E-state index contributed by atoms with van der Waals surface area (Å²) in [5.74, 6) is -1.19. The fraction of sp³-hybridized carbons (Fsp3) is 0.231. The Morgan fingerprint density at radius 2 is 1.79 bits per heavy atom. The van der Waals surface area contributed by atoms with Gasteiger partial charge in [0.15, 0.2) is 5.69 Å². The molecule has 1 aromatic heterocycles. The van der Waals surface area contributed by atoms with Crippen LogP contribution in [0.4, 0.5) is 16.3 Å². The molecule has 0 bridgehead atoms. The number of anilines is 2. The van der Waals surface area contributed by atoms with Crippen molar-refractivity contribution in [3.63, 3.8) is 0 Å². The summed E-state index contributed by atoms with van der Waals surface area (Å²) < 4.78 is 4.78. The number of esters is 1. The molecule has 12 heteroatoms. The summed E-state index contributed by atoms with van der Waals surface area (Å²) in [4.78, 5) is 52.6. The van der Waals surface area contributed by atoms with Gasteiger partial charge in [-0.3, -0.25) is 4.79 Å². The predicted molar refractivity (Wildman–Crippen MR) is 139 cm³/mol. The maximum absolute atomic E-state index is 14.3. The lowest BCUT2D eigenvalue weighted by Gasteiger charge is -2.33. The molecule has 5 rings (SSSR count). The van der Waals surface area contributed by atoms with Crippen molar-refractivity contribution in [2.75, 3.05) is 37.0 Å². The van der Waals surface area contributed by atoms with Crippen LogP contribution in [0.3, 0.4) is 0 Å². The van der Waals surface area contributed by atoms with Crippen molar-refractivity contribution >= 4 is 52.6 Å². The molecule has 1 spiro atoms. The highest BCUT2D eigenvalue weighted by atomic mass is 35.5. The van der Waals surface area contributed by atoms with E-state index >= 15 is 0 Å². The van der Waals surface area contributed by atoms with E-state index in [1.54, 1.807) is 31.3 Å². The number of aromatic nitrogens is 2. The third-order valence-corrected chi connectivity index (χ3v) is 7.42. The minimum atomic E-state index is -1.34. The van der Waals surface area contributed by atoms with Gasteiger partial charge in [-0.25, -0.2) is 24.5 Å². The normalized spacial score (nSPS) is 20.8. The van der Waals surface area contributed by atoms with E-state index in [-0.39, 0.29) is 34.5 Å². The first kappa shape index (κ1) is 25.4. The number of nitrogens with zero attached hydrogens (tertiary/aromatic N) is 6. The first-order valence-electron chi connectivity index (χ1n) is 11.4. The summed E-state index contributed by atoms with van der Waals surface area (Å²) in [6, 6.07) is 14.5. The van der Waals surface area contributed by atoms with Crippen LogP contribution >= 0.6 is 23.2 Å². The van der Waals surface area contributed by atoms with Crippen LogP contribution in [0.2, 0.25) is 10.0 Å². The van der Waals surface area contributed by atoms with Crippen LogP contribution < -0.4 is 9.80 Å². The molecule has 2 aromatic carbocycles. The van der Waals surface area contributed by atoms with Gasteiger partial charge in [-0.1, -0.05) is 35.3 Å². The molecule has 0 saturated carbocycles. The second kappa shape index (κ2) is 9.59. The highest BCUT2D eigenvalue weighted by Gasteiger charge is 2.64. The zero-order valence-corrected chi connectivity index (χ0v) is 21.8. The molecule has 3 heterocycles. The SMILES string of the molecule is COC(=O)c1cc(N2C[C@@H](c3ccc(C#N)cc3)[C@]3(C2)C(=O)N(c2cc(Cl)cc(Cl)c2)C(=O)N3C)ncn1. The van der Waals surface area contributed by atoms with Crippen molar-refractivity contribution in [3.05, 3.63) is 81.7 Å². The van der Waals surface area contributed by atoms with Gasteiger partial charge < -0.3 is 14.5 Å². The maximum Gasteiger partial charge on any atom is 0.356 e. The summed E-state index contributed by atoms with van der Waals surface area (Å²) in [7, 11) is 2.83. The number of benzene rings is 2. The third kappa shape index (κ3) is 4.00. The Balaban J connectivity index is 1.63. The molecule has 3 aromatic rings. The molecule has 0 N–H and O–H groups in total. The number of hydrogen-bond donors (Lipinski definition) is 0. The minimum absolute atomic E-state index is 0.0609. The van der Waals surface area contributed by atoms with Crippen LogP contribution in [0.15, 0.2) is 54.9 Å². The number of amides is 3. The van der Waals surface area contributed by atoms with E-state index in [4.69, 9.17) is 27.9 Å². The van der Waals surface area contributed by atoms with Crippen molar-refractivity contribution < 1.29 is 19.1 Å². The Kier molecular flexibility index (Phi) is 6.42. The number of carbonyl (C=O) groups excluding carboxylic acids is 3. The van der Waals surface area contributed by atoms with Gasteiger partial charge in [-0.05, 0) is 35.9 Å². The second-order valence-corrected chi connectivity index (χ2v) is 9.83. The minimum Gasteiger partial charge on any atom is -0.464 e. The monoisotopic (exact) mass is 550 g/mol. The molecule has 0 radical (unpaired) electrons. The third-order valence-electron chi connectivity index (χ3n) is 6.98. The number of ether oxygens (including phenoxy) is 1. The van der Waals surface area contributed by atoms with Crippen LogP contribution in [0, 0.1) is 11.3 Å². The Bertz CT molecular complexity index is 1490. The number of carbonyl (C=O) groups is 3. The predicted octanol–water partition coefficient (Wildman–Crippen LogP) is 3.88. The summed E-state index contributed by atoms with van der Waals surface area (Å²) in [5.41, 5.74) is 0.205. The molecule has 0 unspecified atom stereocenters. The van der Waals surface area contributed by atoms with Crippen LogP contribution in [0.5, 0.6) is 0 Å². The fourth-order valence-corrected chi connectivity index (χ4v) is 5.63. The smallest absolute Gasteiger partial charge is 0.356 e. The van der Waals surface area contributed by atoms with E-state index in [0.717, 1.165) is 10.5 Å². The number of rotatable bonds is 4. The second-order valence-electron chi connectivity index (χ2n) is 8.95. The van der Waals surface area contributed by atoms with E-state index in [1.165, 1.54) is 42.6 Å². The van der Waals surface area contributed by atoms with Crippen molar-refractivity contribution in [2.45, 2.75) is 11.5 Å². The van der Waals surface area contributed by atoms with Crippen molar-refractivity contribution in [3.8, 4) is 6.07 Å². The summed E-state index contributed by atoms with van der Waals surface area (Å²) in [5, 5.41) is 9.82. The van der Waals surface area contributed by atoms with E-state index in [9.17, 15) is 19.6 Å². The highest BCUT2D eigenvalue weighted by molar-refractivity contribution is 6.36. The fourth-order valence-electron chi connectivity index (χ4n) is 5.12. The van der Waals surface area contributed by atoms with Crippen molar-refractivity contribution in [2.24, 2.45) is 0 Å². The van der Waals surface area contributed by atoms with Crippen LogP contribution in [0.1, 0.15) is 27.5 Å². The molecule has 0 aliphatic carbocycles. The molecule has 192 valence electrons. The average Bonchev–Trinajstić information content (AvgIpc) is 3.41. The Hall–Kier alpha value is -4.20. The Labute approximate surface area is 227 Å². The number of imide groups is 1. The van der Waals surface area contributed by atoms with E-state index in [0.29, 0.717) is 11.4 Å². The van der Waals surface area contributed by atoms with Gasteiger partial charge in [0, 0.05) is 35.6 Å². The van der Waals surface area contributed by atoms with Gasteiger partial charge in [0.05, 0.1) is 31.0 Å². The molecule has 2 fully saturated rings. The number of nitriles is 1. The summed E-state index contributed by atoms with van der Waals surface area (Å²) in [6.07, 6.45) is 1.24. The van der Waals surface area contributed by atoms with Gasteiger partial charge in [0.1, 0.15) is 17.7 Å². The first-order valence-corrected chi connectivity index (χ1v) is 12.2. The molecular weight excluding hydrogens is 531 g/mol. The van der Waals surface area contributed by atoms with E-state index in [1.807, 2.05) is 4.90 Å². The molecule has 38 heavy (non-hydrogen) atoms. The molecule has 2 aliphatic rings. The molecule has 2 aliphatic heterocycles. The number of hydrogen-bond acceptors (Lipinski definition) is 8. The average molecular weight is 551 g/mol. The van der Waals surface area contributed by atoms with Crippen LogP contribution in [-0.4, -0.2) is 65.6 Å². The number of halogens is 2. The largest absolute Gasteiger partial charge is 0.464 e. The van der Waals surface area contributed by atoms with Gasteiger partial charge in [-0.15, -0.1) is 0 Å². The van der Waals surface area contributed by atoms with Crippen molar-refractivity contribution in [1.29, 1.82) is 5.26 Å². The maximum atomic E-state index is 14.3. The summed E-state index contributed by atoms with van der Waals surface area (Å²) >= 11 is 12.4. The lowest BCUT2D eigenvalue weighted by atomic mass is 9.80. The number of likely N-dealkylation sites (N-methyl/N-ethyl adjacent to an activating group) is 1. The highest BCUT2D eigenvalue weighted by Crippen LogP contribution is 2.47. The zero-order valence-electron chi connectivity index (χ0n) is 20.3. The van der Waals surface area contributed by atoms with E-state index < -0.39 is 29.4 Å². The molecule has 2 atom stereocenters. The lowest BCUT2D eigenvalue weighted by molar-refractivity contribution is -0.124. The molecule has 10 nitrogen and oxygen atoms in total. The quantitative estimate of drug-likeness (QED) is 0.354. The Morgan fingerprint density at radius 3 is 2.42 bits per heavy atom.